The van der Waals surface area contributed by atoms with E-state index in [-0.39, 0.29) is 16.3 Å². The third-order valence-electron chi connectivity index (χ3n) is 8.45. The minimum absolute atomic E-state index is 0.0445. The maximum absolute atomic E-state index is 14.1. The van der Waals surface area contributed by atoms with Crippen molar-refractivity contribution in [2.45, 2.75) is 55.1 Å². The van der Waals surface area contributed by atoms with Gasteiger partial charge in [-0.15, -0.1) is 11.8 Å². The summed E-state index contributed by atoms with van der Waals surface area (Å²) in [5, 5.41) is 11.3. The fraction of sp³-hybridized carbons (Fsp3) is 0.312. The first kappa shape index (κ1) is 27.8. The van der Waals surface area contributed by atoms with E-state index < -0.39 is 25.0 Å². The van der Waals surface area contributed by atoms with Crippen molar-refractivity contribution in [3.05, 3.63) is 125 Å². The van der Waals surface area contributed by atoms with Gasteiger partial charge in [0.15, 0.2) is 8.24 Å². The molecule has 0 saturated carbocycles. The second-order valence-electron chi connectivity index (χ2n) is 11.7. The summed E-state index contributed by atoms with van der Waals surface area (Å²) >= 11 is 3.06. The van der Waals surface area contributed by atoms with Gasteiger partial charge in [-0.2, -0.15) is 0 Å². The summed E-state index contributed by atoms with van der Waals surface area (Å²) in [6, 6.07) is 33.5. The first-order valence-electron chi connectivity index (χ1n) is 13.4. The van der Waals surface area contributed by atoms with Crippen molar-refractivity contribution < 1.29 is 9.90 Å². The molecule has 7 heteroatoms. The number of carbonyl (C=O) groups excluding carboxylic acids is 1. The van der Waals surface area contributed by atoms with Gasteiger partial charge in [-0.1, -0.05) is 125 Å². The van der Waals surface area contributed by atoms with Gasteiger partial charge in [0, 0.05) is 6.20 Å². The summed E-state index contributed by atoms with van der Waals surface area (Å²) in [5.74, 6) is -0.511. The monoisotopic (exact) mass is 572 g/mol. The first-order valence-corrected chi connectivity index (χ1v) is 18.0. The van der Waals surface area contributed by atoms with Gasteiger partial charge in [0.2, 0.25) is 5.91 Å². The number of hydrogen-bond donors (Lipinski definition) is 1. The number of benzene rings is 3. The highest BCUT2D eigenvalue weighted by Crippen LogP contribution is 2.58. The van der Waals surface area contributed by atoms with Crippen LogP contribution in [0.2, 0.25) is 18.1 Å². The molecule has 0 radical (unpaired) electrons. The SMILES string of the molecule is CC(C)(C)[Si](C)(C)N1C(=O)C(C(O)c2ccns2)C1SC(c1ccccc1)(c1ccccc1)c1ccccc1. The highest BCUT2D eigenvalue weighted by molar-refractivity contribution is 8.01. The summed E-state index contributed by atoms with van der Waals surface area (Å²) < 4.78 is 5.78. The lowest BCUT2D eigenvalue weighted by Crippen LogP contribution is -2.73. The Kier molecular flexibility index (Phi) is 7.63. The zero-order valence-corrected chi connectivity index (χ0v) is 25.7. The van der Waals surface area contributed by atoms with Gasteiger partial charge in [-0.25, -0.2) is 4.37 Å². The van der Waals surface area contributed by atoms with E-state index in [9.17, 15) is 9.90 Å². The van der Waals surface area contributed by atoms with E-state index >= 15 is 0 Å². The van der Waals surface area contributed by atoms with Crippen LogP contribution in [0.25, 0.3) is 0 Å². The Hall–Kier alpha value is -2.71. The Morgan fingerprint density at radius 1 is 0.846 bits per heavy atom. The van der Waals surface area contributed by atoms with Gasteiger partial charge in [-0.05, 0) is 39.3 Å². The van der Waals surface area contributed by atoms with E-state index in [0.717, 1.165) is 21.6 Å². The average Bonchev–Trinajstić information content (AvgIpc) is 3.47. The third kappa shape index (κ3) is 4.80. The molecule has 5 rings (SSSR count). The van der Waals surface area contributed by atoms with Crippen LogP contribution in [0.3, 0.4) is 0 Å². The van der Waals surface area contributed by atoms with Gasteiger partial charge in [0.05, 0.1) is 20.9 Å². The minimum Gasteiger partial charge on any atom is -0.387 e. The average molecular weight is 573 g/mol. The molecule has 3 aromatic carbocycles. The fourth-order valence-corrected chi connectivity index (χ4v) is 10.9. The summed E-state index contributed by atoms with van der Waals surface area (Å²) in [5.41, 5.74) is 3.44. The van der Waals surface area contributed by atoms with E-state index in [4.69, 9.17) is 0 Å². The van der Waals surface area contributed by atoms with E-state index in [0.29, 0.717) is 0 Å². The van der Waals surface area contributed by atoms with Crippen LogP contribution in [-0.4, -0.2) is 33.6 Å². The smallest absolute Gasteiger partial charge is 0.224 e. The second-order valence-corrected chi connectivity index (χ2v) is 19.0. The number of aliphatic hydroxyl groups is 1. The number of nitrogens with zero attached hydrogens (tertiary/aromatic N) is 2. The maximum Gasteiger partial charge on any atom is 0.224 e. The lowest BCUT2D eigenvalue weighted by atomic mass is 9.84. The van der Waals surface area contributed by atoms with E-state index in [1.807, 2.05) is 24.3 Å². The van der Waals surface area contributed by atoms with Crippen molar-refractivity contribution in [3.63, 3.8) is 0 Å². The Balaban J connectivity index is 1.73. The third-order valence-corrected chi connectivity index (χ3v) is 16.6. The number of β-lactam (4-membered cyclic amide) rings is 1. The molecule has 1 aliphatic heterocycles. The summed E-state index contributed by atoms with van der Waals surface area (Å²) in [7, 11) is -2.28. The van der Waals surface area contributed by atoms with E-state index in [1.165, 1.54) is 11.5 Å². The molecule has 0 aliphatic carbocycles. The van der Waals surface area contributed by atoms with Crippen LogP contribution in [0.5, 0.6) is 0 Å². The molecule has 2 heterocycles. The zero-order chi connectivity index (χ0) is 27.8. The molecule has 1 aliphatic rings. The zero-order valence-electron chi connectivity index (χ0n) is 23.1. The van der Waals surface area contributed by atoms with Crippen molar-refractivity contribution in [3.8, 4) is 0 Å². The molecule has 1 saturated heterocycles. The molecule has 1 aromatic heterocycles. The molecule has 0 spiro atoms. The van der Waals surface area contributed by atoms with Gasteiger partial charge >= 0.3 is 0 Å². The number of aliphatic hydroxyl groups excluding tert-OH is 1. The minimum atomic E-state index is -2.28. The summed E-state index contributed by atoms with van der Waals surface area (Å²) in [4.78, 5) is 14.8. The Bertz CT molecular complexity index is 1290. The number of carbonyl (C=O) groups is 1. The highest BCUT2D eigenvalue weighted by Gasteiger charge is 2.62. The lowest BCUT2D eigenvalue weighted by molar-refractivity contribution is -0.150. The van der Waals surface area contributed by atoms with Crippen LogP contribution in [0.4, 0.5) is 0 Å². The van der Waals surface area contributed by atoms with Crippen LogP contribution < -0.4 is 0 Å². The van der Waals surface area contributed by atoms with Crippen LogP contribution in [0.15, 0.2) is 103 Å². The Morgan fingerprint density at radius 2 is 1.31 bits per heavy atom. The molecule has 39 heavy (non-hydrogen) atoms. The highest BCUT2D eigenvalue weighted by atomic mass is 32.2. The fourth-order valence-electron chi connectivity index (χ4n) is 5.32. The van der Waals surface area contributed by atoms with Crippen LogP contribution >= 0.6 is 23.3 Å². The summed E-state index contributed by atoms with van der Waals surface area (Å²) in [6.45, 7) is 11.3. The molecular weight excluding hydrogens is 537 g/mol. The number of amides is 1. The molecule has 3 unspecified atom stereocenters. The molecule has 202 valence electrons. The van der Waals surface area contributed by atoms with E-state index in [1.54, 1.807) is 18.0 Å². The van der Waals surface area contributed by atoms with Gasteiger partial charge in [0.25, 0.3) is 0 Å². The van der Waals surface area contributed by atoms with Crippen LogP contribution in [-0.2, 0) is 9.54 Å². The predicted molar refractivity (Wildman–Crippen MR) is 165 cm³/mol. The van der Waals surface area contributed by atoms with Crippen molar-refractivity contribution in [2.24, 2.45) is 5.92 Å². The number of rotatable bonds is 8. The van der Waals surface area contributed by atoms with Gasteiger partial charge in [0.1, 0.15) is 6.10 Å². The molecule has 4 aromatic rings. The molecule has 1 N–H and O–H groups in total. The van der Waals surface area contributed by atoms with Crippen molar-refractivity contribution >= 4 is 37.4 Å². The van der Waals surface area contributed by atoms with Gasteiger partial charge < -0.3 is 9.67 Å². The molecule has 4 nitrogen and oxygen atoms in total. The van der Waals surface area contributed by atoms with Gasteiger partial charge in [-0.3, -0.25) is 4.79 Å². The second kappa shape index (κ2) is 10.7. The standard InChI is InChI=1S/C32H36N2O2S2Si/c1-31(2,3)39(4,5)34-29(36)27(28(35)26-21-22-33-38-26)30(34)37-32(23-15-9-6-10-16-23,24-17-11-7-12-18-24)25-19-13-8-14-20-25/h6-22,27-28,30,35H,1-5H3. The molecule has 1 fully saturated rings. The van der Waals surface area contributed by atoms with Crippen molar-refractivity contribution in [1.82, 2.24) is 8.94 Å². The number of hydrogen-bond acceptors (Lipinski definition) is 5. The number of aromatic nitrogens is 1. The quantitative estimate of drug-likeness (QED) is 0.134. The molecule has 1 amide bonds. The first-order chi connectivity index (χ1) is 18.6. The van der Waals surface area contributed by atoms with Crippen molar-refractivity contribution in [1.29, 1.82) is 0 Å². The van der Waals surface area contributed by atoms with E-state index in [2.05, 4.69) is 116 Å². The maximum atomic E-state index is 14.1. The molecular formula is C32H36N2O2S2Si. The largest absolute Gasteiger partial charge is 0.387 e. The lowest BCUT2D eigenvalue weighted by Gasteiger charge is -2.60. The number of thioether (sulfide) groups is 1. The topological polar surface area (TPSA) is 53.4 Å². The Morgan fingerprint density at radius 3 is 1.69 bits per heavy atom. The predicted octanol–water partition coefficient (Wildman–Crippen LogP) is 7.69. The Labute approximate surface area is 241 Å². The molecule has 3 atom stereocenters. The molecule has 0 bridgehead atoms. The summed E-state index contributed by atoms with van der Waals surface area (Å²) in [6.07, 6.45) is 0.797. The van der Waals surface area contributed by atoms with Crippen LogP contribution in [0, 0.1) is 5.92 Å². The normalized spacial score (nSPS) is 19.0. The van der Waals surface area contributed by atoms with Crippen LogP contribution in [0.1, 0.15) is 48.4 Å². The van der Waals surface area contributed by atoms with Crippen molar-refractivity contribution in [2.75, 3.05) is 0 Å².